The minimum Gasteiger partial charge on any atom is -0.343 e. The lowest BCUT2D eigenvalue weighted by molar-refractivity contribution is -0.132. The zero-order valence-electron chi connectivity index (χ0n) is 13.2. The molecular formula is C17H23BrN2O2. The van der Waals surface area contributed by atoms with Crippen LogP contribution in [-0.2, 0) is 9.59 Å². The Labute approximate surface area is 140 Å². The Hall–Kier alpha value is -1.36. The van der Waals surface area contributed by atoms with Crippen molar-refractivity contribution in [2.45, 2.75) is 33.1 Å². The zero-order valence-corrected chi connectivity index (χ0v) is 14.8. The summed E-state index contributed by atoms with van der Waals surface area (Å²) in [5, 5.41) is 0. The number of benzene rings is 1. The number of hydrogen-bond acceptors (Lipinski definition) is 2. The number of carbonyl (C=O) groups is 2. The Balaban J connectivity index is 1.95. The van der Waals surface area contributed by atoms with Crippen molar-refractivity contribution in [3.05, 3.63) is 28.7 Å². The molecule has 1 saturated heterocycles. The van der Waals surface area contributed by atoms with Crippen LogP contribution in [0.25, 0.3) is 0 Å². The maximum absolute atomic E-state index is 12.3. The van der Waals surface area contributed by atoms with E-state index in [2.05, 4.69) is 22.9 Å². The molecule has 0 N–H and O–H groups in total. The third-order valence-electron chi connectivity index (χ3n) is 4.19. The molecule has 0 unspecified atom stereocenters. The molecule has 4 nitrogen and oxygen atoms in total. The fourth-order valence-corrected chi connectivity index (χ4v) is 3.12. The number of rotatable bonds is 4. The first-order chi connectivity index (χ1) is 10.5. The summed E-state index contributed by atoms with van der Waals surface area (Å²) in [7, 11) is 0. The molecule has 22 heavy (non-hydrogen) atoms. The SMILES string of the molecule is CC(=O)N(CCC(=O)N1CCC(C)CC1)c1cccc(Br)c1. The highest BCUT2D eigenvalue weighted by atomic mass is 79.9. The van der Waals surface area contributed by atoms with Gasteiger partial charge in [-0.05, 0) is 37.0 Å². The lowest BCUT2D eigenvalue weighted by Crippen LogP contribution is -2.40. The molecule has 1 fully saturated rings. The summed E-state index contributed by atoms with van der Waals surface area (Å²) in [6.45, 7) is 5.88. The van der Waals surface area contributed by atoms with E-state index >= 15 is 0 Å². The first-order valence-electron chi connectivity index (χ1n) is 7.79. The molecule has 5 heteroatoms. The summed E-state index contributed by atoms with van der Waals surface area (Å²) < 4.78 is 0.924. The Morgan fingerprint density at radius 2 is 2.00 bits per heavy atom. The molecule has 1 aliphatic rings. The van der Waals surface area contributed by atoms with Crippen molar-refractivity contribution in [2.75, 3.05) is 24.5 Å². The van der Waals surface area contributed by atoms with Crippen LogP contribution in [0.3, 0.4) is 0 Å². The number of amides is 2. The van der Waals surface area contributed by atoms with Crippen molar-refractivity contribution >= 4 is 33.4 Å². The van der Waals surface area contributed by atoms with Gasteiger partial charge in [-0.3, -0.25) is 9.59 Å². The summed E-state index contributed by atoms with van der Waals surface area (Å²) in [4.78, 5) is 27.8. The topological polar surface area (TPSA) is 40.6 Å². The quantitative estimate of drug-likeness (QED) is 0.818. The average molecular weight is 367 g/mol. The summed E-state index contributed by atoms with van der Waals surface area (Å²) in [6.07, 6.45) is 2.53. The largest absolute Gasteiger partial charge is 0.343 e. The van der Waals surface area contributed by atoms with Gasteiger partial charge in [0.05, 0.1) is 0 Å². The minimum atomic E-state index is -0.0434. The fraction of sp³-hybridized carbons (Fsp3) is 0.529. The molecule has 0 atom stereocenters. The van der Waals surface area contributed by atoms with Gasteiger partial charge in [-0.15, -0.1) is 0 Å². The number of hydrogen-bond donors (Lipinski definition) is 0. The van der Waals surface area contributed by atoms with E-state index in [0.717, 1.165) is 36.1 Å². The Morgan fingerprint density at radius 1 is 1.32 bits per heavy atom. The van der Waals surface area contributed by atoms with Crippen molar-refractivity contribution in [3.63, 3.8) is 0 Å². The number of halogens is 1. The fourth-order valence-electron chi connectivity index (χ4n) is 2.74. The first kappa shape index (κ1) is 17.0. The van der Waals surface area contributed by atoms with E-state index in [0.29, 0.717) is 18.9 Å². The molecule has 0 aliphatic carbocycles. The van der Waals surface area contributed by atoms with E-state index < -0.39 is 0 Å². The van der Waals surface area contributed by atoms with Gasteiger partial charge in [0.15, 0.2) is 0 Å². The summed E-state index contributed by atoms with van der Waals surface area (Å²) >= 11 is 3.41. The molecule has 0 saturated carbocycles. The third kappa shape index (κ3) is 4.57. The number of piperidine rings is 1. The highest BCUT2D eigenvalue weighted by Crippen LogP contribution is 2.21. The number of carbonyl (C=O) groups excluding carboxylic acids is 2. The Bertz CT molecular complexity index is 539. The van der Waals surface area contributed by atoms with E-state index in [-0.39, 0.29) is 11.8 Å². The number of nitrogens with zero attached hydrogens (tertiary/aromatic N) is 2. The summed E-state index contributed by atoms with van der Waals surface area (Å²) in [5.74, 6) is 0.811. The highest BCUT2D eigenvalue weighted by molar-refractivity contribution is 9.10. The lowest BCUT2D eigenvalue weighted by Gasteiger charge is -2.31. The molecule has 1 heterocycles. The minimum absolute atomic E-state index is 0.0434. The Kier molecular flexibility index (Phi) is 6.00. The molecule has 2 amide bonds. The van der Waals surface area contributed by atoms with E-state index in [1.165, 1.54) is 6.92 Å². The van der Waals surface area contributed by atoms with Crippen LogP contribution in [-0.4, -0.2) is 36.3 Å². The van der Waals surface area contributed by atoms with Gasteiger partial charge in [0.1, 0.15) is 0 Å². The van der Waals surface area contributed by atoms with Gasteiger partial charge in [0.25, 0.3) is 0 Å². The van der Waals surface area contributed by atoms with Crippen molar-refractivity contribution in [2.24, 2.45) is 5.92 Å². The molecule has 0 spiro atoms. The molecule has 0 bridgehead atoms. The lowest BCUT2D eigenvalue weighted by atomic mass is 9.99. The maximum Gasteiger partial charge on any atom is 0.224 e. The van der Waals surface area contributed by atoms with Crippen molar-refractivity contribution < 1.29 is 9.59 Å². The van der Waals surface area contributed by atoms with Gasteiger partial charge in [-0.25, -0.2) is 0 Å². The van der Waals surface area contributed by atoms with E-state index in [1.54, 1.807) is 4.90 Å². The Morgan fingerprint density at radius 3 is 2.59 bits per heavy atom. The normalized spacial score (nSPS) is 15.7. The predicted molar refractivity (Wildman–Crippen MR) is 91.8 cm³/mol. The maximum atomic E-state index is 12.3. The van der Waals surface area contributed by atoms with Crippen LogP contribution in [0.15, 0.2) is 28.7 Å². The molecule has 120 valence electrons. The van der Waals surface area contributed by atoms with Crippen LogP contribution in [0.4, 0.5) is 5.69 Å². The van der Waals surface area contributed by atoms with Crippen LogP contribution in [0.1, 0.15) is 33.1 Å². The average Bonchev–Trinajstić information content (AvgIpc) is 2.47. The van der Waals surface area contributed by atoms with Gasteiger partial charge in [-0.2, -0.15) is 0 Å². The van der Waals surface area contributed by atoms with E-state index in [1.807, 2.05) is 29.2 Å². The van der Waals surface area contributed by atoms with Crippen LogP contribution < -0.4 is 4.90 Å². The molecule has 1 aromatic rings. The van der Waals surface area contributed by atoms with Crippen LogP contribution in [0.5, 0.6) is 0 Å². The predicted octanol–water partition coefficient (Wildman–Crippen LogP) is 3.45. The van der Waals surface area contributed by atoms with Crippen molar-refractivity contribution in [3.8, 4) is 0 Å². The van der Waals surface area contributed by atoms with Crippen molar-refractivity contribution in [1.29, 1.82) is 0 Å². The van der Waals surface area contributed by atoms with Crippen LogP contribution >= 0.6 is 15.9 Å². The number of anilines is 1. The van der Waals surface area contributed by atoms with Crippen molar-refractivity contribution in [1.82, 2.24) is 4.90 Å². The molecule has 2 rings (SSSR count). The van der Waals surface area contributed by atoms with Crippen LogP contribution in [0, 0.1) is 5.92 Å². The molecule has 0 aromatic heterocycles. The monoisotopic (exact) mass is 366 g/mol. The van der Waals surface area contributed by atoms with E-state index in [4.69, 9.17) is 0 Å². The molecule has 1 aromatic carbocycles. The van der Waals surface area contributed by atoms with Crippen LogP contribution in [0.2, 0.25) is 0 Å². The second kappa shape index (κ2) is 7.77. The highest BCUT2D eigenvalue weighted by Gasteiger charge is 2.21. The van der Waals surface area contributed by atoms with Gasteiger partial charge < -0.3 is 9.80 Å². The smallest absolute Gasteiger partial charge is 0.224 e. The summed E-state index contributed by atoms with van der Waals surface area (Å²) in [5.41, 5.74) is 0.821. The number of likely N-dealkylation sites (tertiary alicyclic amines) is 1. The second-order valence-corrected chi connectivity index (χ2v) is 6.88. The molecule has 1 aliphatic heterocycles. The van der Waals surface area contributed by atoms with Gasteiger partial charge in [0.2, 0.25) is 11.8 Å². The molecule has 0 radical (unpaired) electrons. The van der Waals surface area contributed by atoms with Gasteiger partial charge >= 0.3 is 0 Å². The van der Waals surface area contributed by atoms with Gasteiger partial charge in [0, 0.05) is 43.1 Å². The third-order valence-corrected chi connectivity index (χ3v) is 4.68. The summed E-state index contributed by atoms with van der Waals surface area (Å²) in [6, 6.07) is 7.60. The van der Waals surface area contributed by atoms with Gasteiger partial charge in [-0.1, -0.05) is 28.9 Å². The standard InChI is InChI=1S/C17H23BrN2O2/c1-13-6-9-19(10-7-13)17(22)8-11-20(14(2)21)16-5-3-4-15(18)12-16/h3-5,12-13H,6-11H2,1-2H3. The zero-order chi connectivity index (χ0) is 16.1. The van der Waals surface area contributed by atoms with E-state index in [9.17, 15) is 9.59 Å². The first-order valence-corrected chi connectivity index (χ1v) is 8.58. The second-order valence-electron chi connectivity index (χ2n) is 5.96. The molecular weight excluding hydrogens is 344 g/mol.